The fourth-order valence-electron chi connectivity index (χ4n) is 1.25. The zero-order chi connectivity index (χ0) is 9.30. The normalized spacial score (nSPS) is 9.50. The predicted octanol–water partition coefficient (Wildman–Crippen LogP) is 2.07. The minimum Gasteiger partial charge on any atom is -0.397 e. The van der Waals surface area contributed by atoms with Crippen LogP contribution >= 0.6 is 0 Å². The molecule has 1 aromatic rings. The highest BCUT2D eigenvalue weighted by Gasteiger charge is 2.07. The SMILES string of the molecule is Cc1cc(C)c(N)c(C#N)c1C. The zero-order valence-corrected chi connectivity index (χ0v) is 7.60. The Hall–Kier alpha value is -1.49. The van der Waals surface area contributed by atoms with E-state index in [-0.39, 0.29) is 0 Å². The van der Waals surface area contributed by atoms with E-state index in [4.69, 9.17) is 11.0 Å². The monoisotopic (exact) mass is 160 g/mol. The molecule has 2 heteroatoms. The van der Waals surface area contributed by atoms with Crippen molar-refractivity contribution in [2.24, 2.45) is 0 Å². The molecule has 0 aliphatic carbocycles. The van der Waals surface area contributed by atoms with Gasteiger partial charge in [0.25, 0.3) is 0 Å². The number of rotatable bonds is 0. The molecule has 0 saturated carbocycles. The van der Waals surface area contributed by atoms with Gasteiger partial charge in [0.15, 0.2) is 0 Å². The number of hydrogen-bond acceptors (Lipinski definition) is 2. The highest BCUT2D eigenvalue weighted by Crippen LogP contribution is 2.22. The fourth-order valence-corrected chi connectivity index (χ4v) is 1.25. The molecule has 1 aromatic carbocycles. The molecule has 2 N–H and O–H groups in total. The fraction of sp³-hybridized carbons (Fsp3) is 0.300. The maximum Gasteiger partial charge on any atom is 0.102 e. The first-order chi connectivity index (χ1) is 5.57. The van der Waals surface area contributed by atoms with Crippen LogP contribution in [-0.2, 0) is 0 Å². The zero-order valence-electron chi connectivity index (χ0n) is 7.60. The highest BCUT2D eigenvalue weighted by atomic mass is 14.6. The Labute approximate surface area is 72.6 Å². The lowest BCUT2D eigenvalue weighted by Gasteiger charge is -2.08. The number of aryl methyl sites for hydroxylation is 2. The lowest BCUT2D eigenvalue weighted by atomic mass is 9.99. The Morgan fingerprint density at radius 2 is 1.83 bits per heavy atom. The van der Waals surface area contributed by atoms with Crippen LogP contribution in [0.25, 0.3) is 0 Å². The Kier molecular flexibility index (Phi) is 2.05. The number of nitrogens with zero attached hydrogens (tertiary/aromatic N) is 1. The van der Waals surface area contributed by atoms with Crippen LogP contribution < -0.4 is 5.73 Å². The summed E-state index contributed by atoms with van der Waals surface area (Å²) in [5.41, 5.74) is 10.1. The van der Waals surface area contributed by atoms with Gasteiger partial charge < -0.3 is 5.73 Å². The summed E-state index contributed by atoms with van der Waals surface area (Å²) >= 11 is 0. The molecule has 0 bridgehead atoms. The minimum atomic E-state index is 0.612. The summed E-state index contributed by atoms with van der Waals surface area (Å²) < 4.78 is 0. The topological polar surface area (TPSA) is 49.8 Å². The molecule has 0 amide bonds. The van der Waals surface area contributed by atoms with Gasteiger partial charge in [0.05, 0.1) is 11.3 Å². The molecule has 1 rings (SSSR count). The van der Waals surface area contributed by atoms with E-state index < -0.39 is 0 Å². The molecule has 0 radical (unpaired) electrons. The van der Waals surface area contributed by atoms with Crippen molar-refractivity contribution < 1.29 is 0 Å². The molecule has 0 heterocycles. The van der Waals surface area contributed by atoms with Crippen molar-refractivity contribution >= 4 is 5.69 Å². The first-order valence-corrected chi connectivity index (χ1v) is 3.84. The Morgan fingerprint density at radius 3 is 2.33 bits per heavy atom. The van der Waals surface area contributed by atoms with Gasteiger partial charge in [0.2, 0.25) is 0 Å². The Bertz CT molecular complexity index is 333. The van der Waals surface area contributed by atoms with E-state index in [2.05, 4.69) is 6.07 Å². The molecule has 12 heavy (non-hydrogen) atoms. The number of benzene rings is 1. The average Bonchev–Trinajstić information content (AvgIpc) is 2.02. The third-order valence-corrected chi connectivity index (χ3v) is 2.21. The second kappa shape index (κ2) is 2.86. The van der Waals surface area contributed by atoms with E-state index in [1.54, 1.807) is 0 Å². The van der Waals surface area contributed by atoms with Gasteiger partial charge in [0.1, 0.15) is 6.07 Å². The summed E-state index contributed by atoms with van der Waals surface area (Å²) in [6.07, 6.45) is 0. The van der Waals surface area contributed by atoms with E-state index in [9.17, 15) is 0 Å². The second-order valence-electron chi connectivity index (χ2n) is 3.04. The third-order valence-electron chi connectivity index (χ3n) is 2.21. The Balaban J connectivity index is 3.56. The predicted molar refractivity (Wildman–Crippen MR) is 49.8 cm³/mol. The van der Waals surface area contributed by atoms with E-state index >= 15 is 0 Å². The van der Waals surface area contributed by atoms with Gasteiger partial charge in [-0.15, -0.1) is 0 Å². The van der Waals surface area contributed by atoms with Gasteiger partial charge >= 0.3 is 0 Å². The van der Waals surface area contributed by atoms with Crippen LogP contribution in [0.15, 0.2) is 6.07 Å². The van der Waals surface area contributed by atoms with Crippen molar-refractivity contribution in [3.8, 4) is 6.07 Å². The van der Waals surface area contributed by atoms with Gasteiger partial charge in [-0.1, -0.05) is 6.07 Å². The summed E-state index contributed by atoms with van der Waals surface area (Å²) in [4.78, 5) is 0. The van der Waals surface area contributed by atoms with Crippen molar-refractivity contribution in [2.75, 3.05) is 5.73 Å². The van der Waals surface area contributed by atoms with Crippen LogP contribution in [0.5, 0.6) is 0 Å². The summed E-state index contributed by atoms with van der Waals surface area (Å²) in [7, 11) is 0. The molecule has 0 saturated heterocycles. The van der Waals surface area contributed by atoms with Gasteiger partial charge in [-0.25, -0.2) is 0 Å². The maximum absolute atomic E-state index is 8.82. The number of nitrogen functional groups attached to an aromatic ring is 1. The minimum absolute atomic E-state index is 0.612. The number of nitrogens with two attached hydrogens (primary N) is 1. The molecule has 0 fully saturated rings. The van der Waals surface area contributed by atoms with Crippen LogP contribution in [0.4, 0.5) is 5.69 Å². The molecule has 0 aromatic heterocycles. The van der Waals surface area contributed by atoms with Gasteiger partial charge in [-0.05, 0) is 37.5 Å². The van der Waals surface area contributed by atoms with Gasteiger partial charge in [0, 0.05) is 0 Å². The first kappa shape index (κ1) is 8.61. The molecule has 0 atom stereocenters. The Morgan fingerprint density at radius 1 is 1.25 bits per heavy atom. The molecule has 62 valence electrons. The third kappa shape index (κ3) is 1.14. The van der Waals surface area contributed by atoms with E-state index in [1.165, 1.54) is 0 Å². The quantitative estimate of drug-likeness (QED) is 0.590. The average molecular weight is 160 g/mol. The van der Waals surface area contributed by atoms with Gasteiger partial charge in [-0.2, -0.15) is 5.26 Å². The lowest BCUT2D eigenvalue weighted by molar-refractivity contribution is 1.27. The van der Waals surface area contributed by atoms with Crippen LogP contribution in [0.1, 0.15) is 22.3 Å². The first-order valence-electron chi connectivity index (χ1n) is 3.84. The standard InChI is InChI=1S/C10H12N2/c1-6-4-7(2)10(12)9(5-11)8(6)3/h4H,12H2,1-3H3. The van der Waals surface area contributed by atoms with Crippen molar-refractivity contribution in [3.63, 3.8) is 0 Å². The van der Waals surface area contributed by atoms with E-state index in [0.717, 1.165) is 16.7 Å². The van der Waals surface area contributed by atoms with Crippen LogP contribution in [0.3, 0.4) is 0 Å². The summed E-state index contributed by atoms with van der Waals surface area (Å²) in [5.74, 6) is 0. The lowest BCUT2D eigenvalue weighted by Crippen LogP contribution is -1.98. The van der Waals surface area contributed by atoms with Gasteiger partial charge in [-0.3, -0.25) is 0 Å². The summed E-state index contributed by atoms with van der Waals surface area (Å²) in [5, 5.41) is 8.82. The largest absolute Gasteiger partial charge is 0.397 e. The number of anilines is 1. The molecule has 2 nitrogen and oxygen atoms in total. The van der Waals surface area contributed by atoms with E-state index in [0.29, 0.717) is 11.3 Å². The molecule has 0 aliphatic heterocycles. The van der Waals surface area contributed by atoms with Crippen molar-refractivity contribution in [1.29, 1.82) is 5.26 Å². The summed E-state index contributed by atoms with van der Waals surface area (Å²) in [6.45, 7) is 5.83. The van der Waals surface area contributed by atoms with Crippen molar-refractivity contribution in [2.45, 2.75) is 20.8 Å². The van der Waals surface area contributed by atoms with Crippen molar-refractivity contribution in [3.05, 3.63) is 28.3 Å². The number of nitriles is 1. The molecule has 0 aliphatic rings. The smallest absolute Gasteiger partial charge is 0.102 e. The summed E-state index contributed by atoms with van der Waals surface area (Å²) in [6, 6.07) is 4.13. The molecular weight excluding hydrogens is 148 g/mol. The van der Waals surface area contributed by atoms with Crippen molar-refractivity contribution in [1.82, 2.24) is 0 Å². The van der Waals surface area contributed by atoms with Crippen LogP contribution in [-0.4, -0.2) is 0 Å². The van der Waals surface area contributed by atoms with Crippen LogP contribution in [0, 0.1) is 32.1 Å². The highest BCUT2D eigenvalue weighted by molar-refractivity contribution is 5.63. The molecule has 0 spiro atoms. The second-order valence-corrected chi connectivity index (χ2v) is 3.04. The number of hydrogen-bond donors (Lipinski definition) is 1. The molecular formula is C10H12N2. The maximum atomic E-state index is 8.82. The van der Waals surface area contributed by atoms with E-state index in [1.807, 2.05) is 26.8 Å². The molecule has 0 unspecified atom stereocenters. The van der Waals surface area contributed by atoms with Crippen LogP contribution in [0.2, 0.25) is 0 Å².